The van der Waals surface area contributed by atoms with Gasteiger partial charge in [-0.15, -0.1) is 0 Å². The summed E-state index contributed by atoms with van der Waals surface area (Å²) in [5.74, 6) is -0.121. The molecule has 2 rings (SSSR count). The van der Waals surface area contributed by atoms with Crippen LogP contribution in [0.5, 0.6) is 0 Å². The fourth-order valence-corrected chi connectivity index (χ4v) is 2.07. The summed E-state index contributed by atoms with van der Waals surface area (Å²) in [6, 6.07) is 5.23. The minimum absolute atomic E-state index is 0.121. The summed E-state index contributed by atoms with van der Waals surface area (Å²) in [6.45, 7) is 1.53. The normalized spacial score (nSPS) is 18.6. The maximum atomic E-state index is 11.7. The molecule has 0 aliphatic carbocycles. The number of nitrogen functional groups attached to an aromatic ring is 1. The molecule has 5 heteroatoms. The molecule has 1 aliphatic heterocycles. The van der Waals surface area contributed by atoms with Gasteiger partial charge in [0, 0.05) is 31.6 Å². The van der Waals surface area contributed by atoms with Gasteiger partial charge in [-0.2, -0.15) is 0 Å². The smallest absolute Gasteiger partial charge is 0.253 e. The number of hydrogen-bond donors (Lipinski definition) is 3. The minimum atomic E-state index is -0.121. The Morgan fingerprint density at radius 2 is 2.39 bits per heavy atom. The highest BCUT2D eigenvalue weighted by Gasteiger charge is 2.16. The first-order valence-electron chi connectivity index (χ1n) is 6.18. The highest BCUT2D eigenvalue weighted by Crippen LogP contribution is 2.20. The first-order valence-corrected chi connectivity index (χ1v) is 6.18. The number of carbonyl (C=O) groups excluding carboxylic acids is 1. The third-order valence-corrected chi connectivity index (χ3v) is 3.06. The summed E-state index contributed by atoms with van der Waals surface area (Å²) in [7, 11) is 1.61. The molecule has 0 aromatic heterocycles. The van der Waals surface area contributed by atoms with E-state index in [9.17, 15) is 4.79 Å². The van der Waals surface area contributed by atoms with Crippen molar-refractivity contribution in [1.29, 1.82) is 0 Å². The molecule has 1 aromatic rings. The van der Waals surface area contributed by atoms with E-state index in [1.807, 2.05) is 0 Å². The highest BCUT2D eigenvalue weighted by atomic mass is 16.5. The number of hydrogen-bond acceptors (Lipinski definition) is 4. The zero-order chi connectivity index (χ0) is 13.0. The topological polar surface area (TPSA) is 76.4 Å². The Morgan fingerprint density at radius 3 is 3.06 bits per heavy atom. The number of rotatable bonds is 4. The zero-order valence-electron chi connectivity index (χ0n) is 10.5. The lowest BCUT2D eigenvalue weighted by Crippen LogP contribution is -2.23. The van der Waals surface area contributed by atoms with Crippen LogP contribution in [0, 0.1) is 0 Å². The predicted molar refractivity (Wildman–Crippen MR) is 71.7 cm³/mol. The Labute approximate surface area is 107 Å². The van der Waals surface area contributed by atoms with Crippen LogP contribution in [0.3, 0.4) is 0 Å². The lowest BCUT2D eigenvalue weighted by molar-refractivity contribution is 0.0963. The fraction of sp³-hybridized carbons (Fsp3) is 0.462. The summed E-state index contributed by atoms with van der Waals surface area (Å²) in [5, 5.41) is 5.86. The van der Waals surface area contributed by atoms with Gasteiger partial charge in [-0.05, 0) is 31.0 Å². The van der Waals surface area contributed by atoms with E-state index in [-0.39, 0.29) is 12.0 Å². The number of nitrogens with two attached hydrogens (primary N) is 1. The quantitative estimate of drug-likeness (QED) is 0.701. The summed E-state index contributed by atoms with van der Waals surface area (Å²) in [5.41, 5.74) is 7.74. The molecule has 0 bridgehead atoms. The molecular formula is C13H19N3O2. The van der Waals surface area contributed by atoms with Crippen LogP contribution in [0.25, 0.3) is 0 Å². The Hall–Kier alpha value is -1.75. The number of benzene rings is 1. The monoisotopic (exact) mass is 249 g/mol. The van der Waals surface area contributed by atoms with Crippen LogP contribution in [0.4, 0.5) is 11.4 Å². The molecule has 18 heavy (non-hydrogen) atoms. The van der Waals surface area contributed by atoms with Crippen LogP contribution in [0.1, 0.15) is 23.2 Å². The molecule has 0 radical (unpaired) electrons. The lowest BCUT2D eigenvalue weighted by atomic mass is 10.1. The van der Waals surface area contributed by atoms with Gasteiger partial charge < -0.3 is 21.1 Å². The summed E-state index contributed by atoms with van der Waals surface area (Å²) < 4.78 is 5.54. The van der Waals surface area contributed by atoms with Crippen molar-refractivity contribution >= 4 is 17.3 Å². The van der Waals surface area contributed by atoms with Gasteiger partial charge in [0.15, 0.2) is 0 Å². The second-order valence-corrected chi connectivity index (χ2v) is 4.40. The third kappa shape index (κ3) is 2.92. The van der Waals surface area contributed by atoms with Crippen LogP contribution < -0.4 is 16.4 Å². The van der Waals surface area contributed by atoms with Gasteiger partial charge >= 0.3 is 0 Å². The Kier molecular flexibility index (Phi) is 4.04. The van der Waals surface area contributed by atoms with Gasteiger partial charge in [0.1, 0.15) is 0 Å². The molecule has 0 saturated carbocycles. The zero-order valence-corrected chi connectivity index (χ0v) is 10.5. The van der Waals surface area contributed by atoms with Crippen LogP contribution in [0.15, 0.2) is 18.2 Å². The van der Waals surface area contributed by atoms with Crippen molar-refractivity contribution in [3.63, 3.8) is 0 Å². The molecule has 1 saturated heterocycles. The molecular weight excluding hydrogens is 230 g/mol. The predicted octanol–water partition coefficient (Wildman–Crippen LogP) is 1.22. The second-order valence-electron chi connectivity index (χ2n) is 4.40. The number of ether oxygens (including phenoxy) is 1. The molecule has 1 fully saturated rings. The molecule has 1 aromatic carbocycles. The Balaban J connectivity index is 2.08. The van der Waals surface area contributed by atoms with Gasteiger partial charge in [0.25, 0.3) is 5.91 Å². The number of amides is 1. The van der Waals surface area contributed by atoms with E-state index in [1.165, 1.54) is 0 Å². The van der Waals surface area contributed by atoms with E-state index in [2.05, 4.69) is 10.6 Å². The summed E-state index contributed by atoms with van der Waals surface area (Å²) in [4.78, 5) is 11.7. The fourth-order valence-electron chi connectivity index (χ4n) is 2.07. The second kappa shape index (κ2) is 5.73. The van der Waals surface area contributed by atoms with E-state index in [4.69, 9.17) is 10.5 Å². The van der Waals surface area contributed by atoms with Crippen LogP contribution >= 0.6 is 0 Å². The van der Waals surface area contributed by atoms with E-state index >= 15 is 0 Å². The molecule has 98 valence electrons. The van der Waals surface area contributed by atoms with Crippen molar-refractivity contribution < 1.29 is 9.53 Å². The maximum Gasteiger partial charge on any atom is 0.253 e. The van der Waals surface area contributed by atoms with Crippen molar-refractivity contribution in [3.8, 4) is 0 Å². The largest absolute Gasteiger partial charge is 0.399 e. The number of anilines is 2. The Bertz CT molecular complexity index is 428. The Morgan fingerprint density at radius 1 is 1.56 bits per heavy atom. The van der Waals surface area contributed by atoms with Gasteiger partial charge in [-0.25, -0.2) is 0 Å². The van der Waals surface area contributed by atoms with Gasteiger partial charge in [0.2, 0.25) is 0 Å². The van der Waals surface area contributed by atoms with Crippen molar-refractivity contribution in [2.75, 3.05) is 31.2 Å². The molecule has 1 unspecified atom stereocenters. The average Bonchev–Trinajstić information content (AvgIpc) is 2.88. The van der Waals surface area contributed by atoms with Crippen LogP contribution in [0.2, 0.25) is 0 Å². The van der Waals surface area contributed by atoms with Crippen LogP contribution in [-0.2, 0) is 4.74 Å². The molecule has 5 nitrogen and oxygen atoms in total. The number of carbonyl (C=O) groups is 1. The molecule has 1 heterocycles. The van der Waals surface area contributed by atoms with E-state index in [0.717, 1.165) is 25.1 Å². The van der Waals surface area contributed by atoms with Crippen molar-refractivity contribution in [3.05, 3.63) is 23.8 Å². The average molecular weight is 249 g/mol. The standard InChI is InChI=1S/C13H19N3O2/c1-15-13(17)11-5-4-9(14)7-12(11)16-8-10-3-2-6-18-10/h4-5,7,10,16H,2-3,6,8,14H2,1H3,(H,15,17). The van der Waals surface area contributed by atoms with Crippen molar-refractivity contribution in [1.82, 2.24) is 5.32 Å². The number of nitrogens with one attached hydrogen (secondary N) is 2. The lowest BCUT2D eigenvalue weighted by Gasteiger charge is -2.15. The van der Waals surface area contributed by atoms with Gasteiger partial charge in [-0.3, -0.25) is 4.79 Å². The summed E-state index contributed by atoms with van der Waals surface area (Å²) >= 11 is 0. The molecule has 4 N–H and O–H groups in total. The minimum Gasteiger partial charge on any atom is -0.399 e. The molecule has 1 atom stereocenters. The van der Waals surface area contributed by atoms with Crippen LogP contribution in [-0.4, -0.2) is 32.2 Å². The third-order valence-electron chi connectivity index (χ3n) is 3.06. The van der Waals surface area contributed by atoms with E-state index < -0.39 is 0 Å². The first kappa shape index (κ1) is 12.7. The molecule has 0 spiro atoms. The SMILES string of the molecule is CNC(=O)c1ccc(N)cc1NCC1CCCO1. The molecule has 1 amide bonds. The van der Waals surface area contributed by atoms with E-state index in [0.29, 0.717) is 17.8 Å². The first-order chi connectivity index (χ1) is 8.70. The van der Waals surface area contributed by atoms with E-state index in [1.54, 1.807) is 25.2 Å². The van der Waals surface area contributed by atoms with Crippen molar-refractivity contribution in [2.24, 2.45) is 0 Å². The summed E-state index contributed by atoms with van der Waals surface area (Å²) in [6.07, 6.45) is 2.39. The van der Waals surface area contributed by atoms with Gasteiger partial charge in [-0.1, -0.05) is 0 Å². The van der Waals surface area contributed by atoms with Gasteiger partial charge in [0.05, 0.1) is 11.7 Å². The molecule has 1 aliphatic rings. The highest BCUT2D eigenvalue weighted by molar-refractivity contribution is 6.00. The maximum absolute atomic E-state index is 11.7. The van der Waals surface area contributed by atoms with Crippen molar-refractivity contribution in [2.45, 2.75) is 18.9 Å².